The molecule has 0 fully saturated rings. The summed E-state index contributed by atoms with van der Waals surface area (Å²) in [5.41, 5.74) is 10.9. The second kappa shape index (κ2) is 3.69. The lowest BCUT2D eigenvalue weighted by atomic mass is 9.63. The van der Waals surface area contributed by atoms with Gasteiger partial charge in [-0.05, 0) is 43.9 Å². The largest absolute Gasteiger partial charge is 0.326 e. The molecule has 3 rings (SSSR count). The molecule has 0 aromatic carbocycles. The van der Waals surface area contributed by atoms with Crippen molar-refractivity contribution in [3.05, 3.63) is 57.0 Å². The molecule has 3 N–H and O–H groups in total. The second-order valence-corrected chi connectivity index (χ2v) is 5.43. The van der Waals surface area contributed by atoms with Crippen molar-refractivity contribution in [1.29, 1.82) is 0 Å². The number of aromatic amines is 1. The summed E-state index contributed by atoms with van der Waals surface area (Å²) in [5, 5.41) is 0. The molecule has 18 heavy (non-hydrogen) atoms. The Labute approximate surface area is 106 Å². The first-order chi connectivity index (χ1) is 8.54. The molecule has 1 aromatic heterocycles. The van der Waals surface area contributed by atoms with Gasteiger partial charge in [0.25, 0.3) is 0 Å². The van der Waals surface area contributed by atoms with Crippen molar-refractivity contribution in [2.24, 2.45) is 11.7 Å². The molecule has 0 saturated carbocycles. The lowest BCUT2D eigenvalue weighted by molar-refractivity contribution is 0.409. The molecule has 1 heterocycles. The van der Waals surface area contributed by atoms with Gasteiger partial charge in [-0.3, -0.25) is 4.79 Å². The molecule has 94 valence electrons. The average Bonchev–Trinajstić information content (AvgIpc) is 2.26. The minimum absolute atomic E-state index is 0.0416. The maximum Gasteiger partial charge on any atom is 0.248 e. The third kappa shape index (κ3) is 1.44. The molecule has 1 aromatic rings. The van der Waals surface area contributed by atoms with E-state index in [0.29, 0.717) is 5.92 Å². The quantitative estimate of drug-likeness (QED) is 0.684. The number of hydrogen-bond donors (Lipinski definition) is 2. The van der Waals surface area contributed by atoms with E-state index in [2.05, 4.69) is 31.0 Å². The third-order valence-corrected chi connectivity index (χ3v) is 4.17. The topological polar surface area (TPSA) is 58.9 Å². The first-order valence-corrected chi connectivity index (χ1v) is 6.40. The van der Waals surface area contributed by atoms with Crippen molar-refractivity contribution in [3.63, 3.8) is 0 Å². The Bertz CT molecular complexity index is 624. The molecule has 2 aliphatic rings. The van der Waals surface area contributed by atoms with Gasteiger partial charge in [0, 0.05) is 17.7 Å². The van der Waals surface area contributed by atoms with E-state index < -0.39 is 5.54 Å². The van der Waals surface area contributed by atoms with Gasteiger partial charge in [-0.1, -0.05) is 17.7 Å². The zero-order chi connectivity index (χ0) is 12.9. The van der Waals surface area contributed by atoms with Crippen LogP contribution in [-0.2, 0) is 12.0 Å². The van der Waals surface area contributed by atoms with Crippen LogP contribution in [-0.4, -0.2) is 4.98 Å². The number of rotatable bonds is 0. The lowest BCUT2D eigenvalue weighted by Crippen LogP contribution is -2.48. The van der Waals surface area contributed by atoms with Crippen LogP contribution >= 0.6 is 0 Å². The number of aromatic nitrogens is 1. The minimum atomic E-state index is -0.434. The van der Waals surface area contributed by atoms with Crippen LogP contribution in [0.4, 0.5) is 0 Å². The Hall–Kier alpha value is -1.61. The summed E-state index contributed by atoms with van der Waals surface area (Å²) < 4.78 is 0. The van der Waals surface area contributed by atoms with Crippen molar-refractivity contribution >= 4 is 0 Å². The number of H-pyrrole nitrogens is 1. The monoisotopic (exact) mass is 242 g/mol. The molecule has 2 atom stereocenters. The van der Waals surface area contributed by atoms with E-state index in [9.17, 15) is 4.79 Å². The van der Waals surface area contributed by atoms with Crippen LogP contribution in [0, 0.1) is 5.92 Å². The molecule has 1 unspecified atom stereocenters. The highest BCUT2D eigenvalue weighted by Crippen LogP contribution is 2.47. The van der Waals surface area contributed by atoms with Gasteiger partial charge in [-0.2, -0.15) is 0 Å². The highest BCUT2D eigenvalue weighted by molar-refractivity contribution is 5.48. The second-order valence-electron chi connectivity index (χ2n) is 5.43. The van der Waals surface area contributed by atoms with Crippen LogP contribution in [0.3, 0.4) is 0 Å². The number of nitrogens with one attached hydrogen (secondary N) is 1. The average molecular weight is 242 g/mol. The van der Waals surface area contributed by atoms with Crippen molar-refractivity contribution in [1.82, 2.24) is 4.98 Å². The van der Waals surface area contributed by atoms with Crippen LogP contribution in [0.15, 0.2) is 40.2 Å². The maximum atomic E-state index is 11.5. The summed E-state index contributed by atoms with van der Waals surface area (Å²) in [6, 6.07) is 3.47. The Kier molecular flexibility index (Phi) is 2.35. The highest BCUT2D eigenvalue weighted by Gasteiger charge is 2.43. The Morgan fingerprint density at radius 3 is 3.00 bits per heavy atom. The summed E-state index contributed by atoms with van der Waals surface area (Å²) in [7, 11) is 0. The first kappa shape index (κ1) is 11.5. The van der Waals surface area contributed by atoms with Gasteiger partial charge in [0.2, 0.25) is 5.56 Å². The van der Waals surface area contributed by atoms with Gasteiger partial charge in [0.05, 0.1) is 5.54 Å². The number of allylic oxidation sites excluding steroid dienone is 2. The fourth-order valence-corrected chi connectivity index (χ4v) is 3.57. The van der Waals surface area contributed by atoms with E-state index in [-0.39, 0.29) is 5.56 Å². The van der Waals surface area contributed by atoms with Gasteiger partial charge in [-0.25, -0.2) is 0 Å². The molecule has 0 amide bonds. The summed E-state index contributed by atoms with van der Waals surface area (Å²) >= 11 is 0. The predicted octanol–water partition coefficient (Wildman–Crippen LogP) is 2.00. The van der Waals surface area contributed by atoms with Crippen LogP contribution < -0.4 is 11.3 Å². The molecular formula is C15H18N2O. The molecule has 2 aliphatic carbocycles. The fraction of sp³-hybridized carbons (Fsp3) is 0.400. The van der Waals surface area contributed by atoms with Crippen molar-refractivity contribution < 1.29 is 0 Å². The van der Waals surface area contributed by atoms with E-state index in [4.69, 9.17) is 5.73 Å². The Morgan fingerprint density at radius 1 is 1.50 bits per heavy atom. The minimum Gasteiger partial charge on any atom is -0.326 e. The third-order valence-electron chi connectivity index (χ3n) is 4.17. The molecule has 3 nitrogen and oxygen atoms in total. The summed E-state index contributed by atoms with van der Waals surface area (Å²) in [5.74, 6) is 0.333. The normalized spacial score (nSPS) is 32.1. The first-order valence-electron chi connectivity index (χ1n) is 6.40. The van der Waals surface area contributed by atoms with E-state index >= 15 is 0 Å². The number of pyridine rings is 1. The lowest BCUT2D eigenvalue weighted by Gasteiger charge is -2.45. The molecular weight excluding hydrogens is 224 g/mol. The zero-order valence-corrected chi connectivity index (χ0v) is 10.8. The van der Waals surface area contributed by atoms with Gasteiger partial charge in [-0.15, -0.1) is 0 Å². The summed E-state index contributed by atoms with van der Waals surface area (Å²) in [6.45, 7) is 4.19. The molecule has 0 spiro atoms. The van der Waals surface area contributed by atoms with E-state index in [1.54, 1.807) is 6.07 Å². The van der Waals surface area contributed by atoms with Crippen molar-refractivity contribution in [2.75, 3.05) is 0 Å². The summed E-state index contributed by atoms with van der Waals surface area (Å²) in [6.07, 6.45) is 6.11. The van der Waals surface area contributed by atoms with Gasteiger partial charge in [0.1, 0.15) is 0 Å². The molecule has 2 bridgehead atoms. The number of nitrogens with two attached hydrogens (primary N) is 1. The SMILES string of the molecule is CC=C1[C@@H]2C=C(C)CC1(N)c1ccc(=O)[nH]c1C2. The van der Waals surface area contributed by atoms with Gasteiger partial charge >= 0.3 is 0 Å². The maximum absolute atomic E-state index is 11.5. The van der Waals surface area contributed by atoms with Crippen LogP contribution in [0.1, 0.15) is 31.5 Å². The molecule has 0 saturated heterocycles. The zero-order valence-electron chi connectivity index (χ0n) is 10.8. The standard InChI is InChI=1S/C15H18N2O/c1-3-11-10-6-9(2)8-15(11,16)12-4-5-14(18)17-13(12)7-10/h3-6,10H,7-8,16H2,1-2H3,(H,17,18)/t10-,15?/m1/s1. The van der Waals surface area contributed by atoms with Crippen LogP contribution in [0.5, 0.6) is 0 Å². The smallest absolute Gasteiger partial charge is 0.248 e. The molecule has 0 aliphatic heterocycles. The van der Waals surface area contributed by atoms with Crippen molar-refractivity contribution in [3.8, 4) is 0 Å². The Balaban J connectivity index is 2.28. The Morgan fingerprint density at radius 2 is 2.28 bits per heavy atom. The van der Waals surface area contributed by atoms with Crippen LogP contribution in [0.25, 0.3) is 0 Å². The summed E-state index contributed by atoms with van der Waals surface area (Å²) in [4.78, 5) is 14.4. The van der Waals surface area contributed by atoms with E-state index in [1.807, 2.05) is 6.07 Å². The predicted molar refractivity (Wildman–Crippen MR) is 72.3 cm³/mol. The van der Waals surface area contributed by atoms with Crippen molar-refractivity contribution in [2.45, 2.75) is 32.2 Å². The highest BCUT2D eigenvalue weighted by atomic mass is 16.1. The van der Waals surface area contributed by atoms with Gasteiger partial charge < -0.3 is 10.7 Å². The number of hydrogen-bond acceptors (Lipinski definition) is 2. The fourth-order valence-electron chi connectivity index (χ4n) is 3.57. The van der Waals surface area contributed by atoms with E-state index in [0.717, 1.165) is 24.1 Å². The number of fused-ring (bicyclic) bond motifs is 4. The van der Waals surface area contributed by atoms with E-state index in [1.165, 1.54) is 11.1 Å². The van der Waals surface area contributed by atoms with Gasteiger partial charge in [0.15, 0.2) is 0 Å². The van der Waals surface area contributed by atoms with Crippen LogP contribution in [0.2, 0.25) is 0 Å². The molecule has 3 heteroatoms. The molecule has 0 radical (unpaired) electrons.